The van der Waals surface area contributed by atoms with E-state index in [9.17, 15) is 0 Å². The van der Waals surface area contributed by atoms with Crippen LogP contribution < -0.4 is 4.74 Å². The van der Waals surface area contributed by atoms with E-state index in [4.69, 9.17) is 16.3 Å². The summed E-state index contributed by atoms with van der Waals surface area (Å²) in [6.45, 7) is 2.94. The topological polar surface area (TPSA) is 17.4 Å². The number of benzene rings is 2. The number of piperidine rings is 1. The molecule has 0 aliphatic carbocycles. The van der Waals surface area contributed by atoms with Gasteiger partial charge in [-0.3, -0.25) is 4.90 Å². The number of likely N-dealkylation sites (tertiary alicyclic amines) is 1. The Morgan fingerprint density at radius 1 is 1.07 bits per heavy atom. The number of para-hydroxylation sites is 1. The monoisotopic (exact) mass is 382 g/mol. The molecule has 2 aromatic carbocycles. The Labute approximate surface area is 166 Å². The van der Waals surface area contributed by atoms with Crippen molar-refractivity contribution < 1.29 is 4.74 Å². The lowest BCUT2D eigenvalue weighted by Gasteiger charge is -2.35. The fourth-order valence-electron chi connectivity index (χ4n) is 4.21. The van der Waals surface area contributed by atoms with Crippen LogP contribution in [0.4, 0.5) is 0 Å². The van der Waals surface area contributed by atoms with Crippen molar-refractivity contribution in [3.63, 3.8) is 0 Å². The lowest BCUT2D eigenvalue weighted by molar-refractivity contribution is 0.117. The summed E-state index contributed by atoms with van der Waals surface area (Å²) in [6, 6.07) is 16.9. The maximum atomic E-state index is 5.95. The summed E-state index contributed by atoms with van der Waals surface area (Å²) in [4.78, 5) is 2.65. The van der Waals surface area contributed by atoms with Gasteiger partial charge in [0.1, 0.15) is 5.75 Å². The molecule has 4 heteroatoms. The van der Waals surface area contributed by atoms with Crippen molar-refractivity contribution in [3.05, 3.63) is 65.3 Å². The number of halogens is 1. The Hall–Kier alpha value is -1.97. The number of hydrogen-bond acceptors (Lipinski definition) is 2. The third-order valence-electron chi connectivity index (χ3n) is 5.64. The molecule has 1 aliphatic heterocycles. The number of aryl methyl sites for hydroxylation is 1. The smallest absolute Gasteiger partial charge is 0.119 e. The fourth-order valence-corrected chi connectivity index (χ4v) is 4.34. The summed E-state index contributed by atoms with van der Waals surface area (Å²) in [6.07, 6.45) is 7.22. The maximum absolute atomic E-state index is 5.95. The zero-order valence-electron chi connectivity index (χ0n) is 15.9. The third kappa shape index (κ3) is 4.31. The molecule has 1 unspecified atom stereocenters. The van der Waals surface area contributed by atoms with Crippen molar-refractivity contribution in [2.45, 2.75) is 38.3 Å². The molecule has 1 aliphatic rings. The predicted molar refractivity (Wildman–Crippen MR) is 113 cm³/mol. The van der Waals surface area contributed by atoms with Gasteiger partial charge in [-0.2, -0.15) is 0 Å². The standard InChI is InChI=1S/C23H27ClN2O/c1-25-16-18(22-7-2-3-8-23(22)25)17-26-14-5-4-6-20(26)13-15-27-21-11-9-19(24)10-12-21/h2-3,7-12,16,20H,4-6,13-15,17H2,1H3. The van der Waals surface area contributed by atoms with Crippen LogP contribution in [0.15, 0.2) is 54.7 Å². The molecule has 142 valence electrons. The second-order valence-electron chi connectivity index (χ2n) is 7.49. The van der Waals surface area contributed by atoms with Crippen LogP contribution in [0, 0.1) is 0 Å². The summed E-state index contributed by atoms with van der Waals surface area (Å²) >= 11 is 5.94. The van der Waals surface area contributed by atoms with E-state index in [2.05, 4.69) is 47.0 Å². The Morgan fingerprint density at radius 3 is 2.74 bits per heavy atom. The lowest BCUT2D eigenvalue weighted by atomic mass is 9.98. The first kappa shape index (κ1) is 18.4. The van der Waals surface area contributed by atoms with Crippen LogP contribution in [0.3, 0.4) is 0 Å². The van der Waals surface area contributed by atoms with E-state index in [1.807, 2.05) is 24.3 Å². The highest BCUT2D eigenvalue weighted by atomic mass is 35.5. The Morgan fingerprint density at radius 2 is 1.89 bits per heavy atom. The first-order valence-corrected chi connectivity index (χ1v) is 10.2. The molecule has 2 heterocycles. The van der Waals surface area contributed by atoms with Gasteiger partial charge in [-0.15, -0.1) is 0 Å². The molecule has 0 amide bonds. The Kier molecular flexibility index (Phi) is 5.70. The van der Waals surface area contributed by atoms with Crippen molar-refractivity contribution in [2.75, 3.05) is 13.2 Å². The molecule has 1 fully saturated rings. The maximum Gasteiger partial charge on any atom is 0.119 e. The van der Waals surface area contributed by atoms with Gasteiger partial charge in [0.25, 0.3) is 0 Å². The van der Waals surface area contributed by atoms with Crippen LogP contribution >= 0.6 is 11.6 Å². The molecule has 0 spiro atoms. The molecule has 1 atom stereocenters. The summed E-state index contributed by atoms with van der Waals surface area (Å²) < 4.78 is 8.19. The van der Waals surface area contributed by atoms with E-state index in [1.165, 1.54) is 42.3 Å². The normalized spacial score (nSPS) is 18.1. The van der Waals surface area contributed by atoms with Gasteiger partial charge in [-0.1, -0.05) is 36.2 Å². The van der Waals surface area contributed by atoms with E-state index in [-0.39, 0.29) is 0 Å². The zero-order chi connectivity index (χ0) is 18.6. The number of rotatable bonds is 6. The van der Waals surface area contributed by atoms with Crippen LogP contribution in [0.25, 0.3) is 10.9 Å². The average molecular weight is 383 g/mol. The second kappa shape index (κ2) is 8.37. The van der Waals surface area contributed by atoms with Crippen LogP contribution in [0.2, 0.25) is 5.02 Å². The van der Waals surface area contributed by atoms with Gasteiger partial charge >= 0.3 is 0 Å². The molecule has 3 aromatic rings. The highest BCUT2D eigenvalue weighted by Crippen LogP contribution is 2.27. The summed E-state index contributed by atoms with van der Waals surface area (Å²) in [5.41, 5.74) is 2.74. The van der Waals surface area contributed by atoms with Gasteiger partial charge < -0.3 is 9.30 Å². The van der Waals surface area contributed by atoms with Gasteiger partial charge in [0.15, 0.2) is 0 Å². The van der Waals surface area contributed by atoms with E-state index in [0.29, 0.717) is 6.04 Å². The molecule has 0 radical (unpaired) electrons. The molecule has 1 aromatic heterocycles. The van der Waals surface area contributed by atoms with Crippen LogP contribution in [0.5, 0.6) is 5.75 Å². The molecular formula is C23H27ClN2O. The van der Waals surface area contributed by atoms with Crippen LogP contribution in [-0.4, -0.2) is 28.7 Å². The first-order valence-electron chi connectivity index (χ1n) is 9.86. The zero-order valence-corrected chi connectivity index (χ0v) is 16.7. The van der Waals surface area contributed by atoms with E-state index < -0.39 is 0 Å². The summed E-state index contributed by atoms with van der Waals surface area (Å²) in [5, 5.41) is 2.12. The highest BCUT2D eigenvalue weighted by Gasteiger charge is 2.23. The van der Waals surface area contributed by atoms with Crippen molar-refractivity contribution in [2.24, 2.45) is 7.05 Å². The van der Waals surface area contributed by atoms with Crippen molar-refractivity contribution in [1.29, 1.82) is 0 Å². The van der Waals surface area contributed by atoms with Gasteiger partial charge in [-0.05, 0) is 61.7 Å². The minimum Gasteiger partial charge on any atom is -0.494 e. The number of hydrogen-bond donors (Lipinski definition) is 0. The van der Waals surface area contributed by atoms with Gasteiger partial charge in [0.05, 0.1) is 6.61 Å². The van der Waals surface area contributed by atoms with Gasteiger partial charge in [-0.25, -0.2) is 0 Å². The van der Waals surface area contributed by atoms with Crippen LogP contribution in [0.1, 0.15) is 31.2 Å². The molecule has 3 nitrogen and oxygen atoms in total. The van der Waals surface area contributed by atoms with Crippen molar-refractivity contribution in [3.8, 4) is 5.75 Å². The van der Waals surface area contributed by atoms with Crippen molar-refractivity contribution in [1.82, 2.24) is 9.47 Å². The minimum absolute atomic E-state index is 0.588. The van der Waals surface area contributed by atoms with Gasteiger partial charge in [0, 0.05) is 41.8 Å². The number of nitrogens with zero attached hydrogens (tertiary/aromatic N) is 2. The fraction of sp³-hybridized carbons (Fsp3) is 0.391. The Balaban J connectivity index is 1.40. The van der Waals surface area contributed by atoms with E-state index in [0.717, 1.165) is 30.3 Å². The molecule has 1 saturated heterocycles. The van der Waals surface area contributed by atoms with Gasteiger partial charge in [0.2, 0.25) is 0 Å². The van der Waals surface area contributed by atoms with E-state index >= 15 is 0 Å². The molecular weight excluding hydrogens is 356 g/mol. The second-order valence-corrected chi connectivity index (χ2v) is 7.93. The number of ether oxygens (including phenoxy) is 1. The van der Waals surface area contributed by atoms with Crippen LogP contribution in [-0.2, 0) is 13.6 Å². The largest absolute Gasteiger partial charge is 0.494 e. The molecule has 4 rings (SSSR count). The minimum atomic E-state index is 0.588. The van der Waals surface area contributed by atoms with E-state index in [1.54, 1.807) is 0 Å². The molecule has 0 N–H and O–H groups in total. The molecule has 27 heavy (non-hydrogen) atoms. The average Bonchev–Trinajstić information content (AvgIpc) is 3.01. The quantitative estimate of drug-likeness (QED) is 0.547. The Bertz CT molecular complexity index is 887. The number of fused-ring (bicyclic) bond motifs is 1. The molecule has 0 saturated carbocycles. The molecule has 0 bridgehead atoms. The number of aromatic nitrogens is 1. The predicted octanol–water partition coefficient (Wildman–Crippen LogP) is 5.66. The van der Waals surface area contributed by atoms with Crippen molar-refractivity contribution >= 4 is 22.5 Å². The highest BCUT2D eigenvalue weighted by molar-refractivity contribution is 6.30. The third-order valence-corrected chi connectivity index (χ3v) is 5.89. The first-order chi connectivity index (χ1) is 13.2. The SMILES string of the molecule is Cn1cc(CN2CCCCC2CCOc2ccc(Cl)cc2)c2ccccc21. The summed E-state index contributed by atoms with van der Waals surface area (Å²) in [5.74, 6) is 0.899. The lowest BCUT2D eigenvalue weighted by Crippen LogP contribution is -2.39. The summed E-state index contributed by atoms with van der Waals surface area (Å²) in [7, 11) is 2.14.